The van der Waals surface area contributed by atoms with Crippen molar-refractivity contribution in [1.29, 1.82) is 5.41 Å². The molecule has 3 aromatic rings. The molecule has 21 heavy (non-hydrogen) atoms. The topological polar surface area (TPSA) is 23.9 Å². The van der Waals surface area contributed by atoms with E-state index in [1.165, 1.54) is 11.1 Å². The first-order valence-corrected chi connectivity index (χ1v) is 7.06. The van der Waals surface area contributed by atoms with Crippen molar-refractivity contribution in [1.82, 2.24) is 0 Å². The predicted octanol–water partition coefficient (Wildman–Crippen LogP) is 5.41. The van der Waals surface area contributed by atoms with Gasteiger partial charge in [0.25, 0.3) is 0 Å². The maximum Gasteiger partial charge on any atom is 0.0361 e. The molecule has 1 heteroatoms. The van der Waals surface area contributed by atoms with Crippen molar-refractivity contribution in [2.24, 2.45) is 0 Å². The van der Waals surface area contributed by atoms with Gasteiger partial charge in [-0.1, -0.05) is 78.9 Å². The van der Waals surface area contributed by atoms with Gasteiger partial charge in [-0.05, 0) is 29.2 Å². The Balaban J connectivity index is 2.01. The van der Waals surface area contributed by atoms with Crippen LogP contribution in [0.3, 0.4) is 0 Å². The van der Waals surface area contributed by atoms with Crippen molar-refractivity contribution in [3.63, 3.8) is 0 Å². The first kappa shape index (κ1) is 13.3. The fourth-order valence-electron chi connectivity index (χ4n) is 2.53. The molecule has 102 valence electrons. The zero-order chi connectivity index (χ0) is 14.7. The second-order valence-corrected chi connectivity index (χ2v) is 5.11. The quantitative estimate of drug-likeness (QED) is 0.616. The molecule has 0 aliphatic carbocycles. The molecule has 1 nitrogen and oxygen atoms in total. The van der Waals surface area contributed by atoms with Gasteiger partial charge in [-0.25, -0.2) is 0 Å². The normalized spacial score (nSPS) is 10.3. The van der Waals surface area contributed by atoms with Crippen molar-refractivity contribution < 1.29 is 0 Å². The van der Waals surface area contributed by atoms with Crippen LogP contribution >= 0.6 is 0 Å². The maximum atomic E-state index is 7.90. The van der Waals surface area contributed by atoms with Gasteiger partial charge in [0.2, 0.25) is 0 Å². The molecule has 0 spiro atoms. The van der Waals surface area contributed by atoms with E-state index in [2.05, 4.69) is 54.6 Å². The number of hydrogen-bond donors (Lipinski definition) is 1. The molecular formula is C20H17N. The first-order chi connectivity index (χ1) is 10.3. The fraction of sp³-hybridized carbons (Fsp3) is 0.0500. The first-order valence-electron chi connectivity index (χ1n) is 7.06. The molecule has 0 amide bonds. The Kier molecular flexibility index (Phi) is 3.65. The van der Waals surface area contributed by atoms with Crippen molar-refractivity contribution in [2.75, 3.05) is 0 Å². The largest absolute Gasteiger partial charge is 0.305 e. The highest BCUT2D eigenvalue weighted by Gasteiger charge is 2.06. The van der Waals surface area contributed by atoms with E-state index < -0.39 is 0 Å². The predicted molar refractivity (Wildman–Crippen MR) is 89.8 cm³/mol. The third-order valence-electron chi connectivity index (χ3n) is 3.63. The van der Waals surface area contributed by atoms with Gasteiger partial charge in [0.1, 0.15) is 0 Å². The average molecular weight is 271 g/mol. The Bertz CT molecular complexity index is 755. The molecule has 0 radical (unpaired) electrons. The second kappa shape index (κ2) is 5.76. The van der Waals surface area contributed by atoms with Crippen LogP contribution < -0.4 is 0 Å². The van der Waals surface area contributed by atoms with Crippen LogP contribution in [0.5, 0.6) is 0 Å². The molecule has 0 fully saturated rings. The summed E-state index contributed by atoms with van der Waals surface area (Å²) in [5, 5.41) is 7.90. The smallest absolute Gasteiger partial charge is 0.0361 e. The van der Waals surface area contributed by atoms with Gasteiger partial charge < -0.3 is 5.41 Å². The van der Waals surface area contributed by atoms with Gasteiger partial charge in [0, 0.05) is 11.3 Å². The van der Waals surface area contributed by atoms with Crippen LogP contribution in [-0.4, -0.2) is 5.71 Å². The zero-order valence-electron chi connectivity index (χ0n) is 12.0. The minimum atomic E-state index is 0.595. The lowest BCUT2D eigenvalue weighted by Gasteiger charge is -2.09. The summed E-state index contributed by atoms with van der Waals surface area (Å²) in [5.74, 6) is 0. The van der Waals surface area contributed by atoms with Gasteiger partial charge in [0.05, 0.1) is 0 Å². The molecule has 3 rings (SSSR count). The lowest BCUT2D eigenvalue weighted by atomic mass is 9.95. The summed E-state index contributed by atoms with van der Waals surface area (Å²) < 4.78 is 0. The van der Waals surface area contributed by atoms with E-state index in [1.807, 2.05) is 31.2 Å². The van der Waals surface area contributed by atoms with Crippen LogP contribution in [-0.2, 0) is 0 Å². The van der Waals surface area contributed by atoms with E-state index in [1.54, 1.807) is 0 Å². The molecule has 0 unspecified atom stereocenters. The highest BCUT2D eigenvalue weighted by molar-refractivity contribution is 6.02. The van der Waals surface area contributed by atoms with Crippen LogP contribution in [0.1, 0.15) is 12.5 Å². The summed E-state index contributed by atoms with van der Waals surface area (Å²) in [7, 11) is 0. The molecule has 0 saturated heterocycles. The number of rotatable bonds is 3. The minimum Gasteiger partial charge on any atom is -0.305 e. The molecular weight excluding hydrogens is 254 g/mol. The third-order valence-corrected chi connectivity index (χ3v) is 3.63. The summed E-state index contributed by atoms with van der Waals surface area (Å²) in [5.41, 5.74) is 6.29. The summed E-state index contributed by atoms with van der Waals surface area (Å²) in [6.07, 6.45) is 0. The highest BCUT2D eigenvalue weighted by Crippen LogP contribution is 2.27. The van der Waals surface area contributed by atoms with Crippen LogP contribution in [0.25, 0.3) is 22.3 Å². The van der Waals surface area contributed by atoms with Crippen LogP contribution in [0.4, 0.5) is 0 Å². The highest BCUT2D eigenvalue weighted by atomic mass is 14.4. The molecule has 1 N–H and O–H groups in total. The van der Waals surface area contributed by atoms with Crippen molar-refractivity contribution in [3.8, 4) is 22.3 Å². The Hall–Kier alpha value is -2.67. The van der Waals surface area contributed by atoms with Crippen molar-refractivity contribution in [2.45, 2.75) is 6.92 Å². The third kappa shape index (κ3) is 2.77. The molecule has 0 saturated carbocycles. The van der Waals surface area contributed by atoms with E-state index in [0.717, 1.165) is 16.7 Å². The van der Waals surface area contributed by atoms with E-state index in [0.29, 0.717) is 5.71 Å². The average Bonchev–Trinajstić information content (AvgIpc) is 2.56. The summed E-state index contributed by atoms with van der Waals surface area (Å²) in [6, 6.07) is 27.0. The maximum absolute atomic E-state index is 7.90. The second-order valence-electron chi connectivity index (χ2n) is 5.11. The van der Waals surface area contributed by atoms with Gasteiger partial charge in [0.15, 0.2) is 0 Å². The monoisotopic (exact) mass is 271 g/mol. The lowest BCUT2D eigenvalue weighted by Crippen LogP contribution is -1.95. The van der Waals surface area contributed by atoms with E-state index in [9.17, 15) is 0 Å². The van der Waals surface area contributed by atoms with Crippen LogP contribution in [0.2, 0.25) is 0 Å². The molecule has 0 aliphatic rings. The van der Waals surface area contributed by atoms with Crippen LogP contribution in [0.15, 0.2) is 78.9 Å². The van der Waals surface area contributed by atoms with Crippen LogP contribution in [0, 0.1) is 5.41 Å². The van der Waals surface area contributed by atoms with Gasteiger partial charge in [-0.15, -0.1) is 0 Å². The summed E-state index contributed by atoms with van der Waals surface area (Å²) >= 11 is 0. The Labute approximate surface area is 125 Å². The zero-order valence-corrected chi connectivity index (χ0v) is 12.0. The SMILES string of the molecule is CC(=N)c1ccccc1-c1ccc(-c2ccccc2)cc1. The Morgan fingerprint density at radius 2 is 1.14 bits per heavy atom. The fourth-order valence-corrected chi connectivity index (χ4v) is 2.53. The minimum absolute atomic E-state index is 0.595. The number of benzene rings is 3. The standard InChI is InChI=1S/C20H17N/c1-15(21)19-9-5-6-10-20(19)18-13-11-17(12-14-18)16-7-3-2-4-8-16/h2-14,21H,1H3. The van der Waals surface area contributed by atoms with Crippen molar-refractivity contribution in [3.05, 3.63) is 84.4 Å². The number of hydrogen-bond acceptors (Lipinski definition) is 1. The molecule has 0 heterocycles. The van der Waals surface area contributed by atoms with Gasteiger partial charge in [-0.2, -0.15) is 0 Å². The van der Waals surface area contributed by atoms with E-state index in [-0.39, 0.29) is 0 Å². The van der Waals surface area contributed by atoms with Gasteiger partial charge >= 0.3 is 0 Å². The van der Waals surface area contributed by atoms with E-state index >= 15 is 0 Å². The molecule has 0 aliphatic heterocycles. The number of nitrogens with one attached hydrogen (secondary N) is 1. The Morgan fingerprint density at radius 1 is 0.619 bits per heavy atom. The van der Waals surface area contributed by atoms with Gasteiger partial charge in [-0.3, -0.25) is 0 Å². The molecule has 0 bridgehead atoms. The molecule has 0 aromatic heterocycles. The van der Waals surface area contributed by atoms with Crippen molar-refractivity contribution >= 4 is 5.71 Å². The Morgan fingerprint density at radius 3 is 1.81 bits per heavy atom. The summed E-state index contributed by atoms with van der Waals surface area (Å²) in [4.78, 5) is 0. The molecule has 3 aromatic carbocycles. The summed E-state index contributed by atoms with van der Waals surface area (Å²) in [6.45, 7) is 1.83. The lowest BCUT2D eigenvalue weighted by molar-refractivity contribution is 1.45. The molecule has 0 atom stereocenters. The van der Waals surface area contributed by atoms with E-state index in [4.69, 9.17) is 5.41 Å².